The van der Waals surface area contributed by atoms with Gasteiger partial charge in [-0.05, 0) is 67.5 Å². The van der Waals surface area contributed by atoms with Gasteiger partial charge >= 0.3 is 0 Å². The van der Waals surface area contributed by atoms with Gasteiger partial charge in [0.25, 0.3) is 0 Å². The van der Waals surface area contributed by atoms with E-state index in [1.165, 1.54) is 12.1 Å². The van der Waals surface area contributed by atoms with Gasteiger partial charge in [0, 0.05) is 25.9 Å². The standard InChI is InChI=1S/C27H38N2O5/c1-20-8-9-21(18-24(20)31)11-14-26(33)28-16-6-4-2-3-5-7-17-29-27(34)15-12-22-10-13-23(30)25(32)19-22/h8-10,13,18-19,30-32H,2-7,11-12,14-17H2,1H3,(H,28,33)(H,29,34). The van der Waals surface area contributed by atoms with E-state index in [0.717, 1.165) is 55.2 Å². The summed E-state index contributed by atoms with van der Waals surface area (Å²) < 4.78 is 0. The maximum Gasteiger partial charge on any atom is 0.220 e. The average molecular weight is 471 g/mol. The number of hydrogen-bond donors (Lipinski definition) is 5. The van der Waals surface area contributed by atoms with E-state index < -0.39 is 0 Å². The molecule has 34 heavy (non-hydrogen) atoms. The maximum atomic E-state index is 12.0. The van der Waals surface area contributed by atoms with E-state index >= 15 is 0 Å². The number of phenolic OH excluding ortho intramolecular Hbond substituents is 3. The third-order valence-electron chi connectivity index (χ3n) is 5.84. The Labute approximate surface area is 202 Å². The van der Waals surface area contributed by atoms with Gasteiger partial charge in [-0.3, -0.25) is 9.59 Å². The number of unbranched alkanes of at least 4 members (excludes halogenated alkanes) is 5. The third kappa shape index (κ3) is 10.6. The molecule has 0 saturated heterocycles. The second-order valence-electron chi connectivity index (χ2n) is 8.77. The molecule has 0 spiro atoms. The molecule has 2 aromatic carbocycles. The molecule has 7 heteroatoms. The van der Waals surface area contributed by atoms with Crippen LogP contribution in [0.2, 0.25) is 0 Å². The molecule has 0 bridgehead atoms. The molecule has 5 N–H and O–H groups in total. The van der Waals surface area contributed by atoms with E-state index in [9.17, 15) is 24.9 Å². The maximum absolute atomic E-state index is 12.0. The Bertz CT molecular complexity index is 854. The summed E-state index contributed by atoms with van der Waals surface area (Å²) in [6.07, 6.45) is 8.15. The van der Waals surface area contributed by atoms with Crippen molar-refractivity contribution >= 4 is 11.8 Å². The SMILES string of the molecule is Cc1ccc(CCC(=O)NCCCCCCCCNC(=O)CCc2ccc(O)c(O)c2)cc1O. The Morgan fingerprint density at radius 1 is 0.647 bits per heavy atom. The molecule has 0 aliphatic carbocycles. The van der Waals surface area contributed by atoms with Crippen LogP contribution in [0.1, 0.15) is 68.1 Å². The van der Waals surface area contributed by atoms with Crippen molar-refractivity contribution in [3.05, 3.63) is 53.1 Å². The highest BCUT2D eigenvalue weighted by Crippen LogP contribution is 2.25. The van der Waals surface area contributed by atoms with Crippen LogP contribution in [-0.2, 0) is 22.4 Å². The molecule has 0 heterocycles. The van der Waals surface area contributed by atoms with Crippen LogP contribution in [0.15, 0.2) is 36.4 Å². The quantitative estimate of drug-likeness (QED) is 0.197. The van der Waals surface area contributed by atoms with Crippen molar-refractivity contribution in [1.82, 2.24) is 10.6 Å². The van der Waals surface area contributed by atoms with Crippen LogP contribution in [0.4, 0.5) is 0 Å². The summed E-state index contributed by atoms with van der Waals surface area (Å²) in [5.41, 5.74) is 2.61. The molecule has 7 nitrogen and oxygen atoms in total. The summed E-state index contributed by atoms with van der Waals surface area (Å²) >= 11 is 0. The van der Waals surface area contributed by atoms with E-state index in [-0.39, 0.29) is 29.1 Å². The first-order valence-corrected chi connectivity index (χ1v) is 12.2. The number of carbonyl (C=O) groups excluding carboxylic acids is 2. The summed E-state index contributed by atoms with van der Waals surface area (Å²) in [7, 11) is 0. The van der Waals surface area contributed by atoms with Crippen molar-refractivity contribution in [2.75, 3.05) is 13.1 Å². The highest BCUT2D eigenvalue weighted by Gasteiger charge is 2.06. The fraction of sp³-hybridized carbons (Fsp3) is 0.481. The van der Waals surface area contributed by atoms with E-state index in [2.05, 4.69) is 10.6 Å². The summed E-state index contributed by atoms with van der Waals surface area (Å²) in [4.78, 5) is 23.9. The van der Waals surface area contributed by atoms with Crippen molar-refractivity contribution in [3.63, 3.8) is 0 Å². The van der Waals surface area contributed by atoms with Crippen molar-refractivity contribution in [1.29, 1.82) is 0 Å². The third-order valence-corrected chi connectivity index (χ3v) is 5.84. The van der Waals surface area contributed by atoms with E-state index in [0.29, 0.717) is 38.8 Å². The molecule has 0 radical (unpaired) electrons. The van der Waals surface area contributed by atoms with Crippen LogP contribution in [0.5, 0.6) is 17.2 Å². The number of amides is 2. The molecule has 2 amide bonds. The Morgan fingerprint density at radius 2 is 1.12 bits per heavy atom. The predicted octanol–water partition coefficient (Wildman–Crippen LogP) is 4.25. The highest BCUT2D eigenvalue weighted by molar-refractivity contribution is 5.76. The van der Waals surface area contributed by atoms with E-state index in [4.69, 9.17) is 0 Å². The number of nitrogens with one attached hydrogen (secondary N) is 2. The average Bonchev–Trinajstić information content (AvgIpc) is 2.81. The first kappa shape index (κ1) is 27.0. The molecule has 2 aromatic rings. The van der Waals surface area contributed by atoms with Crippen LogP contribution < -0.4 is 10.6 Å². The Balaban J connectivity index is 1.40. The van der Waals surface area contributed by atoms with Gasteiger partial charge in [-0.1, -0.05) is 43.9 Å². The van der Waals surface area contributed by atoms with Crippen LogP contribution in [0.3, 0.4) is 0 Å². The van der Waals surface area contributed by atoms with Gasteiger partial charge in [0.1, 0.15) is 5.75 Å². The summed E-state index contributed by atoms with van der Waals surface area (Å²) in [6.45, 7) is 3.20. The Morgan fingerprint density at radius 3 is 1.62 bits per heavy atom. The molecule has 0 unspecified atom stereocenters. The van der Waals surface area contributed by atoms with Gasteiger partial charge in [0.05, 0.1) is 0 Å². The first-order valence-electron chi connectivity index (χ1n) is 12.2. The molecular weight excluding hydrogens is 432 g/mol. The molecule has 186 valence electrons. The van der Waals surface area contributed by atoms with Crippen LogP contribution in [-0.4, -0.2) is 40.2 Å². The van der Waals surface area contributed by atoms with E-state index in [1.54, 1.807) is 12.1 Å². The van der Waals surface area contributed by atoms with Gasteiger partial charge in [-0.15, -0.1) is 0 Å². The van der Waals surface area contributed by atoms with Crippen molar-refractivity contribution in [2.45, 2.75) is 71.1 Å². The molecule has 0 saturated carbocycles. The Hall–Kier alpha value is -3.22. The second-order valence-corrected chi connectivity index (χ2v) is 8.77. The zero-order chi connectivity index (χ0) is 24.8. The lowest BCUT2D eigenvalue weighted by Crippen LogP contribution is -2.24. The lowest BCUT2D eigenvalue weighted by Gasteiger charge is -2.07. The number of hydrogen-bond acceptors (Lipinski definition) is 5. The first-order chi connectivity index (χ1) is 16.3. The number of aromatic hydroxyl groups is 3. The molecule has 2 rings (SSSR count). The summed E-state index contributed by atoms with van der Waals surface area (Å²) in [5.74, 6) is -0.0250. The molecule has 0 aliphatic rings. The largest absolute Gasteiger partial charge is 0.508 e. The zero-order valence-corrected chi connectivity index (χ0v) is 20.1. The minimum absolute atomic E-state index is 0.0116. The van der Waals surface area contributed by atoms with Gasteiger partial charge in [0.15, 0.2) is 11.5 Å². The van der Waals surface area contributed by atoms with Gasteiger partial charge in [0.2, 0.25) is 11.8 Å². The van der Waals surface area contributed by atoms with Gasteiger partial charge < -0.3 is 26.0 Å². The van der Waals surface area contributed by atoms with Crippen molar-refractivity contribution in [2.24, 2.45) is 0 Å². The molecule has 0 aliphatic heterocycles. The fourth-order valence-electron chi connectivity index (χ4n) is 3.64. The molecule has 0 aromatic heterocycles. The smallest absolute Gasteiger partial charge is 0.220 e. The number of benzene rings is 2. The van der Waals surface area contributed by atoms with Crippen LogP contribution in [0.25, 0.3) is 0 Å². The number of carbonyl (C=O) groups is 2. The molecule has 0 atom stereocenters. The minimum Gasteiger partial charge on any atom is -0.508 e. The predicted molar refractivity (Wildman–Crippen MR) is 133 cm³/mol. The lowest BCUT2D eigenvalue weighted by molar-refractivity contribution is -0.121. The second kappa shape index (κ2) is 14.8. The summed E-state index contributed by atoms with van der Waals surface area (Å²) in [6, 6.07) is 10.1. The lowest BCUT2D eigenvalue weighted by atomic mass is 10.1. The topological polar surface area (TPSA) is 119 Å². The minimum atomic E-state index is -0.166. The van der Waals surface area contributed by atoms with E-state index in [1.807, 2.05) is 19.1 Å². The van der Waals surface area contributed by atoms with Gasteiger partial charge in [-0.2, -0.15) is 0 Å². The number of rotatable bonds is 15. The zero-order valence-electron chi connectivity index (χ0n) is 20.1. The number of aryl methyl sites for hydroxylation is 3. The van der Waals surface area contributed by atoms with Crippen LogP contribution >= 0.6 is 0 Å². The normalized spacial score (nSPS) is 10.7. The fourth-order valence-corrected chi connectivity index (χ4v) is 3.64. The summed E-state index contributed by atoms with van der Waals surface area (Å²) in [5, 5.41) is 34.4. The highest BCUT2D eigenvalue weighted by atomic mass is 16.3. The monoisotopic (exact) mass is 470 g/mol. The number of phenols is 3. The van der Waals surface area contributed by atoms with Crippen LogP contribution in [0, 0.1) is 6.92 Å². The van der Waals surface area contributed by atoms with Crippen molar-refractivity contribution in [3.8, 4) is 17.2 Å². The van der Waals surface area contributed by atoms with Gasteiger partial charge in [-0.25, -0.2) is 0 Å². The Kier molecular flexibility index (Phi) is 11.8. The molecular formula is C27H38N2O5. The molecule has 0 fully saturated rings. The van der Waals surface area contributed by atoms with Crippen molar-refractivity contribution < 1.29 is 24.9 Å².